The van der Waals surface area contributed by atoms with Gasteiger partial charge in [0.1, 0.15) is 60.7 Å². The Kier molecular flexibility index (Phi) is 6.66. The third-order valence-electron chi connectivity index (χ3n) is 10.1. The first-order chi connectivity index (χ1) is 21.5. The Bertz CT molecular complexity index is 2290. The normalized spacial score (nSPS) is 11.6. The quantitative estimate of drug-likeness (QED) is 0.113. The Morgan fingerprint density at radius 3 is 1.42 bits per heavy atom. The van der Waals surface area contributed by atoms with Crippen molar-refractivity contribution < 1.29 is 15.3 Å². The first kappa shape index (κ1) is 28.9. The van der Waals surface area contributed by atoms with Crippen LogP contribution in [0, 0.1) is 0 Å². The van der Waals surface area contributed by atoms with Gasteiger partial charge in [-0.2, -0.15) is 0 Å². The molecule has 0 aliphatic carbocycles. The molecule has 12 heteroatoms. The van der Waals surface area contributed by atoms with Crippen molar-refractivity contribution in [2.24, 2.45) is 0 Å². The van der Waals surface area contributed by atoms with Crippen LogP contribution in [0.5, 0.6) is 17.2 Å². The molecule has 0 unspecified atom stereocenters. The summed E-state index contributed by atoms with van der Waals surface area (Å²) in [5.74, 6) is -0.652. The van der Waals surface area contributed by atoms with Crippen LogP contribution in [0.4, 0.5) is 0 Å². The summed E-state index contributed by atoms with van der Waals surface area (Å²) in [6.07, 6.45) is 0. The molecule has 1 aromatic heterocycles. The minimum Gasteiger partial charge on any atom is -0.505 e. The van der Waals surface area contributed by atoms with Gasteiger partial charge in [-0.1, -0.05) is 71.6 Å². The average Bonchev–Trinajstić information content (AvgIpc) is 3.43. The van der Waals surface area contributed by atoms with Gasteiger partial charge in [-0.05, 0) is 45.0 Å². The molecule has 210 valence electrons. The number of hydrogen-bond donors (Lipinski definition) is 3. The van der Waals surface area contributed by atoms with E-state index >= 15 is 0 Å². The van der Waals surface area contributed by atoms with Crippen molar-refractivity contribution in [2.45, 2.75) is 0 Å². The van der Waals surface area contributed by atoms with Gasteiger partial charge >= 0.3 is 0 Å². The monoisotopic (exact) mass is 578 g/mol. The topological polar surface area (TPSA) is 78.5 Å². The number of fused-ring (bicyclic) bond motifs is 3. The van der Waals surface area contributed by atoms with Crippen LogP contribution in [0.15, 0.2) is 72.8 Å². The number of hydrogen-bond acceptors (Lipinski definition) is 4. The van der Waals surface area contributed by atoms with Gasteiger partial charge in [0.05, 0.1) is 16.7 Å². The Labute approximate surface area is 268 Å². The van der Waals surface area contributed by atoms with Crippen molar-refractivity contribution in [1.29, 1.82) is 0 Å². The van der Waals surface area contributed by atoms with E-state index in [2.05, 4.69) is 98.4 Å². The minimum absolute atomic E-state index is 0.354. The predicted octanol–water partition coefficient (Wildman–Crippen LogP) is -4.41. The Morgan fingerprint density at radius 2 is 0.889 bits per heavy atom. The van der Waals surface area contributed by atoms with E-state index in [0.29, 0.717) is 22.3 Å². The third kappa shape index (κ3) is 4.01. The van der Waals surface area contributed by atoms with E-state index < -0.39 is 5.75 Å². The van der Waals surface area contributed by atoms with Crippen molar-refractivity contribution in [2.75, 3.05) is 0 Å². The van der Waals surface area contributed by atoms with Crippen LogP contribution in [-0.2, 0) is 0 Å². The van der Waals surface area contributed by atoms with Gasteiger partial charge in [-0.25, -0.2) is 4.98 Å². The lowest BCUT2D eigenvalue weighted by Crippen LogP contribution is -2.55. The summed E-state index contributed by atoms with van der Waals surface area (Å²) in [7, 11) is 14.6. The Morgan fingerprint density at radius 1 is 0.444 bits per heavy atom. The molecule has 6 aromatic carbocycles. The first-order valence-electron chi connectivity index (χ1n) is 15.3. The summed E-state index contributed by atoms with van der Waals surface area (Å²) < 4.78 is 2.15. The third-order valence-corrected chi connectivity index (χ3v) is 10.1. The number of imidazole rings is 1. The fourth-order valence-electron chi connectivity index (χ4n) is 7.23. The van der Waals surface area contributed by atoms with Gasteiger partial charge in [0, 0.05) is 16.3 Å². The van der Waals surface area contributed by atoms with Crippen LogP contribution in [0.2, 0.25) is 0 Å². The lowest BCUT2D eigenvalue weighted by Gasteiger charge is -2.25. The lowest BCUT2D eigenvalue weighted by molar-refractivity contribution is 0.372. The zero-order valence-electron chi connectivity index (χ0n) is 26.7. The highest BCUT2D eigenvalue weighted by Crippen LogP contribution is 2.43. The molecule has 0 atom stereocenters. The second kappa shape index (κ2) is 10.4. The molecule has 0 aliphatic rings. The molecule has 0 aliphatic heterocycles. The van der Waals surface area contributed by atoms with E-state index in [1.165, 1.54) is 38.4 Å². The van der Waals surface area contributed by atoms with Gasteiger partial charge in [0.15, 0.2) is 17.2 Å². The van der Waals surface area contributed by atoms with Crippen molar-refractivity contribution in [1.82, 2.24) is 9.55 Å². The molecule has 1 heterocycles. The molecule has 0 spiro atoms. The Hall–Kier alpha value is -4.84. The number of aromatic hydroxyl groups is 3. The van der Waals surface area contributed by atoms with Gasteiger partial charge in [0.2, 0.25) is 0 Å². The van der Waals surface area contributed by atoms with E-state index in [-0.39, 0.29) is 11.5 Å². The van der Waals surface area contributed by atoms with Crippen LogP contribution in [0.25, 0.3) is 60.8 Å². The minimum atomic E-state index is -0.522. The van der Waals surface area contributed by atoms with Crippen molar-refractivity contribution in [3.63, 3.8) is 0 Å². The SMILES string of the molecule is Bc1c(B)c(B)c(-c2c3ccccc3c(-n3c(-c4c(B)c(O)c(O)c(O)c4B)nc4ccccc43)c3ccccc23)c(B)c1B. The fourth-order valence-corrected chi connectivity index (χ4v) is 7.23. The van der Waals surface area contributed by atoms with E-state index in [1.54, 1.807) is 15.7 Å². The molecule has 0 bridgehead atoms. The summed E-state index contributed by atoms with van der Waals surface area (Å²) in [6, 6.07) is 25.1. The van der Waals surface area contributed by atoms with E-state index in [9.17, 15) is 15.3 Å². The average molecular weight is 577 g/mol. The molecule has 0 saturated heterocycles. The molecule has 0 saturated carbocycles. The number of aromatic nitrogens is 2. The van der Waals surface area contributed by atoms with Crippen molar-refractivity contribution in [3.8, 4) is 45.5 Å². The summed E-state index contributed by atoms with van der Waals surface area (Å²) in [4.78, 5) is 5.11. The smallest absolute Gasteiger partial charge is 0.199 e. The summed E-state index contributed by atoms with van der Waals surface area (Å²) >= 11 is 0. The summed E-state index contributed by atoms with van der Waals surface area (Å²) in [5, 5.41) is 36.6. The molecule has 7 aromatic rings. The van der Waals surface area contributed by atoms with Gasteiger partial charge in [-0.3, -0.25) is 4.57 Å². The molecule has 3 N–H and O–H groups in total. The molecule has 5 nitrogen and oxygen atoms in total. The number of nitrogens with zero attached hydrogens (tertiary/aromatic N) is 2. The Balaban J connectivity index is 1.72. The first-order valence-corrected chi connectivity index (χ1v) is 15.3. The highest BCUT2D eigenvalue weighted by Gasteiger charge is 2.27. The van der Waals surface area contributed by atoms with E-state index in [4.69, 9.17) is 4.98 Å². The van der Waals surface area contributed by atoms with Crippen LogP contribution in [-0.4, -0.2) is 79.8 Å². The molecular weight excluding hydrogens is 548 g/mol. The van der Waals surface area contributed by atoms with E-state index in [1.807, 2.05) is 18.2 Å². The molecule has 0 radical (unpaired) electrons. The number of phenols is 3. The molecular formula is C33H29B7N2O3. The highest BCUT2D eigenvalue weighted by atomic mass is 16.3. The fraction of sp³-hybridized carbons (Fsp3) is 0. The second-order valence-corrected chi connectivity index (χ2v) is 12.2. The predicted molar refractivity (Wildman–Crippen MR) is 209 cm³/mol. The standard InChI is InChI=1S/C33H29B7N2O3/c34-22-20(23(35)27(39)28(40)26(22)38)19-13-7-1-3-9-15(13)29(16-10-4-2-8-14(16)19)42-18-12-6-5-11-17(18)41-33(42)21-24(36)30(43)32(45)31(44)25(21)37/h1-12,43-45H,34-40H2. The summed E-state index contributed by atoms with van der Waals surface area (Å²) in [6.45, 7) is 0. The molecule has 45 heavy (non-hydrogen) atoms. The maximum Gasteiger partial charge on any atom is 0.199 e. The molecule has 7 rings (SSSR count). The van der Waals surface area contributed by atoms with Crippen LogP contribution in [0.1, 0.15) is 0 Å². The van der Waals surface area contributed by atoms with Crippen molar-refractivity contribution >= 4 is 126 Å². The maximum absolute atomic E-state index is 10.9. The van der Waals surface area contributed by atoms with Gasteiger partial charge in [0.25, 0.3) is 0 Å². The second-order valence-electron chi connectivity index (χ2n) is 12.2. The number of para-hydroxylation sites is 2. The zero-order valence-corrected chi connectivity index (χ0v) is 26.7. The number of phenolic OH excluding ortho intramolecular Hbond substituents is 3. The van der Waals surface area contributed by atoms with Crippen LogP contribution in [0.3, 0.4) is 0 Å². The molecule has 0 amide bonds. The van der Waals surface area contributed by atoms with Gasteiger partial charge in [-0.15, -0.1) is 16.4 Å². The van der Waals surface area contributed by atoms with E-state index in [0.717, 1.165) is 38.3 Å². The van der Waals surface area contributed by atoms with Crippen molar-refractivity contribution in [3.05, 3.63) is 72.8 Å². The lowest BCUT2D eigenvalue weighted by atomic mass is 9.59. The van der Waals surface area contributed by atoms with Gasteiger partial charge < -0.3 is 15.3 Å². The zero-order chi connectivity index (χ0) is 31.9. The summed E-state index contributed by atoms with van der Waals surface area (Å²) in [5.41, 5.74) is 13.1. The number of benzene rings is 6. The maximum atomic E-state index is 10.9. The van der Waals surface area contributed by atoms with Crippen LogP contribution < -0.4 is 38.2 Å². The largest absolute Gasteiger partial charge is 0.505 e. The highest BCUT2D eigenvalue weighted by molar-refractivity contribution is 6.69. The molecule has 0 fully saturated rings. The number of rotatable bonds is 3. The van der Waals surface area contributed by atoms with Crippen LogP contribution >= 0.6 is 0 Å².